The first kappa shape index (κ1) is 9.90. The lowest BCUT2D eigenvalue weighted by molar-refractivity contribution is 0.0966. The van der Waals surface area contributed by atoms with Gasteiger partial charge in [0.1, 0.15) is 5.75 Å². The van der Waals surface area contributed by atoms with Gasteiger partial charge in [0.15, 0.2) is 0 Å². The highest BCUT2D eigenvalue weighted by molar-refractivity contribution is 6.00. The molecule has 3 nitrogen and oxygen atoms in total. The fraction of sp³-hybridized carbons (Fsp3) is 0.0714. The second-order valence-electron chi connectivity index (χ2n) is 4.06. The predicted octanol–water partition coefficient (Wildman–Crippen LogP) is 2.30. The van der Waals surface area contributed by atoms with Crippen LogP contribution in [0.3, 0.4) is 0 Å². The molecule has 0 atom stereocenters. The highest BCUT2D eigenvalue weighted by Gasteiger charge is 2.21. The van der Waals surface area contributed by atoms with E-state index in [1.54, 1.807) is 18.2 Å². The van der Waals surface area contributed by atoms with E-state index in [-0.39, 0.29) is 11.7 Å². The molecule has 17 heavy (non-hydrogen) atoms. The number of rotatable bonds is 1. The molecule has 0 unspecified atom stereocenters. The maximum absolute atomic E-state index is 11.6. The number of aromatic hydroxyl groups is 1. The van der Waals surface area contributed by atoms with E-state index in [0.717, 1.165) is 22.3 Å². The van der Waals surface area contributed by atoms with Crippen LogP contribution in [0.5, 0.6) is 5.75 Å². The highest BCUT2D eigenvalue weighted by Crippen LogP contribution is 2.30. The molecule has 3 heteroatoms. The Hall–Kier alpha value is -2.29. The third-order valence-corrected chi connectivity index (χ3v) is 3.00. The lowest BCUT2D eigenvalue weighted by Gasteiger charge is -2.07. The van der Waals surface area contributed by atoms with Crippen molar-refractivity contribution in [3.05, 3.63) is 53.6 Å². The Morgan fingerprint density at radius 2 is 1.82 bits per heavy atom. The van der Waals surface area contributed by atoms with Gasteiger partial charge in [-0.1, -0.05) is 24.3 Å². The second kappa shape index (κ2) is 3.63. The smallest absolute Gasteiger partial charge is 0.251 e. The molecule has 1 amide bonds. The molecule has 0 saturated carbocycles. The Kier molecular flexibility index (Phi) is 2.11. The van der Waals surface area contributed by atoms with E-state index >= 15 is 0 Å². The molecule has 0 aromatic heterocycles. The van der Waals surface area contributed by atoms with E-state index < -0.39 is 0 Å². The van der Waals surface area contributed by atoms with Crippen LogP contribution in [0.2, 0.25) is 0 Å². The number of hydrogen-bond donors (Lipinski definition) is 2. The SMILES string of the molecule is O=C1NCc2c1cccc2-c1cccc(O)c1. The summed E-state index contributed by atoms with van der Waals surface area (Å²) in [5.74, 6) is 0.208. The summed E-state index contributed by atoms with van der Waals surface area (Å²) in [7, 11) is 0. The summed E-state index contributed by atoms with van der Waals surface area (Å²) in [6, 6.07) is 12.7. The zero-order valence-corrected chi connectivity index (χ0v) is 9.10. The summed E-state index contributed by atoms with van der Waals surface area (Å²) >= 11 is 0. The van der Waals surface area contributed by atoms with Crippen molar-refractivity contribution in [1.29, 1.82) is 0 Å². The molecule has 2 aromatic rings. The van der Waals surface area contributed by atoms with Crippen LogP contribution in [-0.2, 0) is 6.54 Å². The topological polar surface area (TPSA) is 49.3 Å². The molecule has 0 spiro atoms. The van der Waals surface area contributed by atoms with Crippen LogP contribution in [0, 0.1) is 0 Å². The normalized spacial score (nSPS) is 13.3. The van der Waals surface area contributed by atoms with Crippen molar-refractivity contribution >= 4 is 5.91 Å². The maximum Gasteiger partial charge on any atom is 0.251 e. The van der Waals surface area contributed by atoms with Gasteiger partial charge in [-0.25, -0.2) is 0 Å². The van der Waals surface area contributed by atoms with E-state index in [1.807, 2.05) is 24.3 Å². The van der Waals surface area contributed by atoms with Gasteiger partial charge in [0, 0.05) is 12.1 Å². The van der Waals surface area contributed by atoms with Crippen LogP contribution in [-0.4, -0.2) is 11.0 Å². The van der Waals surface area contributed by atoms with Crippen molar-refractivity contribution in [2.45, 2.75) is 6.54 Å². The lowest BCUT2D eigenvalue weighted by atomic mass is 9.97. The van der Waals surface area contributed by atoms with Gasteiger partial charge in [-0.15, -0.1) is 0 Å². The van der Waals surface area contributed by atoms with E-state index in [2.05, 4.69) is 5.32 Å². The van der Waals surface area contributed by atoms with Crippen molar-refractivity contribution in [1.82, 2.24) is 5.32 Å². The summed E-state index contributed by atoms with van der Waals surface area (Å²) < 4.78 is 0. The number of phenolic OH excluding ortho intramolecular Hbond substituents is 1. The quantitative estimate of drug-likeness (QED) is 0.782. The number of amides is 1. The van der Waals surface area contributed by atoms with Crippen molar-refractivity contribution in [3.63, 3.8) is 0 Å². The first-order chi connectivity index (χ1) is 8.25. The molecule has 1 aliphatic rings. The molecule has 0 aliphatic carbocycles. The maximum atomic E-state index is 11.6. The first-order valence-corrected chi connectivity index (χ1v) is 5.45. The fourth-order valence-electron chi connectivity index (χ4n) is 2.20. The average Bonchev–Trinajstić information content (AvgIpc) is 2.71. The molecule has 0 fully saturated rings. The van der Waals surface area contributed by atoms with Gasteiger partial charge < -0.3 is 10.4 Å². The van der Waals surface area contributed by atoms with Crippen molar-refractivity contribution in [2.24, 2.45) is 0 Å². The lowest BCUT2D eigenvalue weighted by Crippen LogP contribution is -2.12. The molecule has 3 rings (SSSR count). The third kappa shape index (κ3) is 1.56. The van der Waals surface area contributed by atoms with Crippen LogP contribution in [0.25, 0.3) is 11.1 Å². The van der Waals surface area contributed by atoms with Gasteiger partial charge in [0.05, 0.1) is 0 Å². The Morgan fingerprint density at radius 1 is 1.06 bits per heavy atom. The number of hydrogen-bond acceptors (Lipinski definition) is 2. The molecule has 1 heterocycles. The van der Waals surface area contributed by atoms with Crippen molar-refractivity contribution in [2.75, 3.05) is 0 Å². The molecular formula is C14H11NO2. The molecule has 0 saturated heterocycles. The van der Waals surface area contributed by atoms with E-state index in [0.29, 0.717) is 6.54 Å². The largest absolute Gasteiger partial charge is 0.508 e. The minimum atomic E-state index is -0.0259. The minimum absolute atomic E-state index is 0.0259. The monoisotopic (exact) mass is 225 g/mol. The number of nitrogens with one attached hydrogen (secondary N) is 1. The zero-order chi connectivity index (χ0) is 11.8. The second-order valence-corrected chi connectivity index (χ2v) is 4.06. The van der Waals surface area contributed by atoms with Gasteiger partial charge in [-0.2, -0.15) is 0 Å². The Labute approximate surface area is 98.7 Å². The summed E-state index contributed by atoms with van der Waals surface area (Å²) in [4.78, 5) is 11.6. The zero-order valence-electron chi connectivity index (χ0n) is 9.10. The Morgan fingerprint density at radius 3 is 2.65 bits per heavy atom. The van der Waals surface area contributed by atoms with Gasteiger partial charge in [0.25, 0.3) is 5.91 Å². The molecule has 2 aromatic carbocycles. The third-order valence-electron chi connectivity index (χ3n) is 3.00. The van der Waals surface area contributed by atoms with Crippen LogP contribution >= 0.6 is 0 Å². The predicted molar refractivity (Wildman–Crippen MR) is 64.7 cm³/mol. The number of benzene rings is 2. The molecule has 0 bridgehead atoms. The van der Waals surface area contributed by atoms with Gasteiger partial charge in [-0.3, -0.25) is 4.79 Å². The molecule has 1 aliphatic heterocycles. The Balaban J connectivity index is 2.20. The highest BCUT2D eigenvalue weighted by atomic mass is 16.3. The van der Waals surface area contributed by atoms with Gasteiger partial charge in [-0.05, 0) is 34.9 Å². The van der Waals surface area contributed by atoms with Crippen LogP contribution in [0.4, 0.5) is 0 Å². The number of fused-ring (bicyclic) bond motifs is 1. The minimum Gasteiger partial charge on any atom is -0.508 e. The van der Waals surface area contributed by atoms with Crippen LogP contribution < -0.4 is 5.32 Å². The standard InChI is InChI=1S/C14H11NO2/c16-10-4-1-3-9(7-10)11-5-2-6-12-13(11)8-15-14(12)17/h1-7,16H,8H2,(H,15,17). The van der Waals surface area contributed by atoms with Crippen LogP contribution in [0.15, 0.2) is 42.5 Å². The molecular weight excluding hydrogens is 214 g/mol. The summed E-state index contributed by atoms with van der Waals surface area (Å²) in [5.41, 5.74) is 3.66. The van der Waals surface area contributed by atoms with Crippen molar-refractivity contribution in [3.8, 4) is 16.9 Å². The average molecular weight is 225 g/mol. The summed E-state index contributed by atoms with van der Waals surface area (Å²) in [5, 5.41) is 12.3. The van der Waals surface area contributed by atoms with E-state index in [4.69, 9.17) is 0 Å². The Bertz CT molecular complexity index is 605. The molecule has 2 N–H and O–H groups in total. The van der Waals surface area contributed by atoms with Crippen molar-refractivity contribution < 1.29 is 9.90 Å². The van der Waals surface area contributed by atoms with Crippen LogP contribution in [0.1, 0.15) is 15.9 Å². The number of carbonyl (C=O) groups is 1. The number of carbonyl (C=O) groups excluding carboxylic acids is 1. The van der Waals surface area contributed by atoms with E-state index in [9.17, 15) is 9.90 Å². The fourth-order valence-corrected chi connectivity index (χ4v) is 2.20. The van der Waals surface area contributed by atoms with Gasteiger partial charge in [0.2, 0.25) is 0 Å². The summed E-state index contributed by atoms with van der Waals surface area (Å²) in [6.07, 6.45) is 0. The van der Waals surface area contributed by atoms with E-state index in [1.165, 1.54) is 0 Å². The number of phenols is 1. The molecule has 84 valence electrons. The molecule has 0 radical (unpaired) electrons. The summed E-state index contributed by atoms with van der Waals surface area (Å²) in [6.45, 7) is 0.556. The van der Waals surface area contributed by atoms with Gasteiger partial charge >= 0.3 is 0 Å². The first-order valence-electron chi connectivity index (χ1n) is 5.45.